The maximum Gasteiger partial charge on any atom is 0.164 e. The third-order valence-electron chi connectivity index (χ3n) is 1.56. The van der Waals surface area contributed by atoms with Crippen molar-refractivity contribution in [2.45, 2.75) is 13.8 Å². The number of halogens is 3. The third-order valence-corrected chi connectivity index (χ3v) is 1.56. The highest BCUT2D eigenvalue weighted by Gasteiger charge is 2.11. The van der Waals surface area contributed by atoms with Crippen LogP contribution in [0.5, 0.6) is 0 Å². The van der Waals surface area contributed by atoms with E-state index >= 15 is 0 Å². The van der Waals surface area contributed by atoms with Gasteiger partial charge in [0.2, 0.25) is 0 Å². The van der Waals surface area contributed by atoms with Crippen molar-refractivity contribution in [1.82, 2.24) is 0 Å². The fraction of sp³-hybridized carbons (Fsp3) is 0.250. The van der Waals surface area contributed by atoms with Crippen molar-refractivity contribution in [1.29, 1.82) is 0 Å². The summed E-state index contributed by atoms with van der Waals surface area (Å²) in [4.78, 5) is 0. The first-order valence-electron chi connectivity index (χ1n) is 3.14. The lowest BCUT2D eigenvalue weighted by Gasteiger charge is -2.02. The molecule has 11 heavy (non-hydrogen) atoms. The van der Waals surface area contributed by atoms with Gasteiger partial charge in [0.15, 0.2) is 11.6 Å². The molecule has 1 rings (SSSR count). The summed E-state index contributed by atoms with van der Waals surface area (Å²) in [5.74, 6) is -2.78. The van der Waals surface area contributed by atoms with Crippen molar-refractivity contribution in [3.63, 3.8) is 0 Å². The molecule has 0 saturated heterocycles. The Bertz CT molecular complexity index is 266. The zero-order valence-electron chi connectivity index (χ0n) is 6.21. The van der Waals surface area contributed by atoms with Crippen LogP contribution in [0.3, 0.4) is 0 Å². The van der Waals surface area contributed by atoms with E-state index in [1.54, 1.807) is 0 Å². The summed E-state index contributed by atoms with van der Waals surface area (Å²) in [5, 5.41) is 0. The molecule has 0 heterocycles. The lowest BCUT2D eigenvalue weighted by Crippen LogP contribution is -1.96. The van der Waals surface area contributed by atoms with Crippen molar-refractivity contribution in [3.05, 3.63) is 34.6 Å². The van der Waals surface area contributed by atoms with Gasteiger partial charge >= 0.3 is 0 Å². The van der Waals surface area contributed by atoms with Gasteiger partial charge in [0, 0.05) is 5.56 Å². The average Bonchev–Trinajstić information content (AvgIpc) is 1.97. The molecule has 60 valence electrons. The number of hydrogen-bond donors (Lipinski definition) is 0. The molecule has 3 heteroatoms. The largest absolute Gasteiger partial charge is 0.206 e. The fourth-order valence-corrected chi connectivity index (χ4v) is 0.888. The third kappa shape index (κ3) is 1.23. The van der Waals surface area contributed by atoms with E-state index in [0.29, 0.717) is 0 Å². The summed E-state index contributed by atoms with van der Waals surface area (Å²) in [7, 11) is 0. The summed E-state index contributed by atoms with van der Waals surface area (Å²) >= 11 is 0. The molecule has 0 saturated carbocycles. The van der Waals surface area contributed by atoms with Gasteiger partial charge in [0.1, 0.15) is 5.82 Å². The van der Waals surface area contributed by atoms with E-state index in [4.69, 9.17) is 0 Å². The van der Waals surface area contributed by atoms with E-state index in [1.165, 1.54) is 13.8 Å². The summed E-state index contributed by atoms with van der Waals surface area (Å²) in [6, 6.07) is 0.845. The minimum absolute atomic E-state index is 0.126. The monoisotopic (exact) mass is 160 g/mol. The molecule has 0 amide bonds. The highest BCUT2D eigenvalue weighted by atomic mass is 19.2. The molecule has 0 unspecified atom stereocenters. The Morgan fingerprint density at radius 2 is 1.55 bits per heavy atom. The Morgan fingerprint density at radius 1 is 1.00 bits per heavy atom. The normalized spacial score (nSPS) is 10.3. The molecule has 0 aromatic heterocycles. The maximum absolute atomic E-state index is 12.8. The molecule has 0 radical (unpaired) electrons. The molecule has 0 aliphatic carbocycles. The second kappa shape index (κ2) is 2.57. The van der Waals surface area contributed by atoms with E-state index in [-0.39, 0.29) is 11.1 Å². The molecule has 0 bridgehead atoms. The van der Waals surface area contributed by atoms with E-state index < -0.39 is 17.5 Å². The Kier molecular flexibility index (Phi) is 1.89. The van der Waals surface area contributed by atoms with Crippen LogP contribution in [-0.4, -0.2) is 0 Å². The van der Waals surface area contributed by atoms with Crippen molar-refractivity contribution in [2.24, 2.45) is 0 Å². The molecule has 1 aromatic rings. The van der Waals surface area contributed by atoms with Crippen molar-refractivity contribution in [2.75, 3.05) is 0 Å². The molecule has 1 aromatic carbocycles. The van der Waals surface area contributed by atoms with Gasteiger partial charge in [-0.2, -0.15) is 0 Å². The van der Waals surface area contributed by atoms with Gasteiger partial charge in [0.05, 0.1) is 0 Å². The standard InChI is InChI=1S/C8H7F3/c1-4-3-6(9)8(11)5(2)7(4)10/h3H,1-2H3. The van der Waals surface area contributed by atoms with Crippen LogP contribution in [0.2, 0.25) is 0 Å². The Labute approximate surface area is 62.7 Å². The SMILES string of the molecule is Cc1cc(F)c(F)c(C)c1F. The van der Waals surface area contributed by atoms with Crippen LogP contribution in [0, 0.1) is 31.3 Å². The zero-order chi connectivity index (χ0) is 8.59. The molecular weight excluding hydrogens is 153 g/mol. The molecule has 0 aliphatic heterocycles. The number of benzene rings is 1. The summed E-state index contributed by atoms with van der Waals surface area (Å²) in [5.41, 5.74) is -0.135. The van der Waals surface area contributed by atoms with Gasteiger partial charge in [-0.05, 0) is 25.5 Å². The summed E-state index contributed by atoms with van der Waals surface area (Å²) in [6.45, 7) is 2.60. The predicted octanol–water partition coefficient (Wildman–Crippen LogP) is 2.72. The summed E-state index contributed by atoms with van der Waals surface area (Å²) in [6.07, 6.45) is 0. The number of aryl methyl sites for hydroxylation is 1. The molecule has 0 spiro atoms. The quantitative estimate of drug-likeness (QED) is 0.512. The highest BCUT2D eigenvalue weighted by Crippen LogP contribution is 2.17. The summed E-state index contributed by atoms with van der Waals surface area (Å²) < 4.78 is 37.8. The predicted molar refractivity (Wildman–Crippen MR) is 35.8 cm³/mol. The van der Waals surface area contributed by atoms with Crippen LogP contribution in [0.25, 0.3) is 0 Å². The zero-order valence-corrected chi connectivity index (χ0v) is 6.21. The minimum atomic E-state index is -1.10. The van der Waals surface area contributed by atoms with E-state index in [9.17, 15) is 13.2 Å². The van der Waals surface area contributed by atoms with E-state index in [0.717, 1.165) is 6.07 Å². The minimum Gasteiger partial charge on any atom is -0.206 e. The van der Waals surface area contributed by atoms with Gasteiger partial charge in [-0.3, -0.25) is 0 Å². The van der Waals surface area contributed by atoms with Gasteiger partial charge in [-0.15, -0.1) is 0 Å². The first-order valence-corrected chi connectivity index (χ1v) is 3.14. The second-order valence-corrected chi connectivity index (χ2v) is 2.43. The van der Waals surface area contributed by atoms with Crippen LogP contribution >= 0.6 is 0 Å². The molecule has 0 N–H and O–H groups in total. The van der Waals surface area contributed by atoms with E-state index in [1.807, 2.05) is 0 Å². The second-order valence-electron chi connectivity index (χ2n) is 2.43. The molecule has 0 aliphatic rings. The van der Waals surface area contributed by atoms with E-state index in [2.05, 4.69) is 0 Å². The maximum atomic E-state index is 12.8. The van der Waals surface area contributed by atoms with Gasteiger partial charge in [0.25, 0.3) is 0 Å². The van der Waals surface area contributed by atoms with Crippen molar-refractivity contribution >= 4 is 0 Å². The van der Waals surface area contributed by atoms with Crippen molar-refractivity contribution in [3.8, 4) is 0 Å². The Balaban J connectivity index is 3.46. The number of hydrogen-bond acceptors (Lipinski definition) is 0. The smallest absolute Gasteiger partial charge is 0.164 e. The van der Waals surface area contributed by atoms with Gasteiger partial charge in [-0.25, -0.2) is 13.2 Å². The lowest BCUT2D eigenvalue weighted by molar-refractivity contribution is 0.483. The molecular formula is C8H7F3. The first-order chi connectivity index (χ1) is 5.04. The van der Waals surface area contributed by atoms with Gasteiger partial charge < -0.3 is 0 Å². The number of rotatable bonds is 0. The van der Waals surface area contributed by atoms with Crippen LogP contribution in [0.15, 0.2) is 6.07 Å². The molecule has 0 atom stereocenters. The topological polar surface area (TPSA) is 0 Å². The fourth-order valence-electron chi connectivity index (χ4n) is 0.888. The Morgan fingerprint density at radius 3 is 2.09 bits per heavy atom. The highest BCUT2D eigenvalue weighted by molar-refractivity contribution is 5.26. The molecule has 0 nitrogen and oxygen atoms in total. The average molecular weight is 160 g/mol. The van der Waals surface area contributed by atoms with Crippen LogP contribution in [0.1, 0.15) is 11.1 Å². The van der Waals surface area contributed by atoms with Crippen LogP contribution < -0.4 is 0 Å². The Hall–Kier alpha value is -0.990. The van der Waals surface area contributed by atoms with Crippen LogP contribution in [-0.2, 0) is 0 Å². The van der Waals surface area contributed by atoms with Crippen molar-refractivity contribution < 1.29 is 13.2 Å². The first kappa shape index (κ1) is 8.11. The van der Waals surface area contributed by atoms with Gasteiger partial charge in [-0.1, -0.05) is 0 Å². The molecule has 0 fully saturated rings. The van der Waals surface area contributed by atoms with Crippen LogP contribution in [0.4, 0.5) is 13.2 Å². The lowest BCUT2D eigenvalue weighted by atomic mass is 10.1.